The number of nitrogens with zero attached hydrogens (tertiary/aromatic N) is 1. The first-order valence-corrected chi connectivity index (χ1v) is 5.00. The molecule has 3 nitrogen and oxygen atoms in total. The highest BCUT2D eigenvalue weighted by atomic mass is 35.5. The van der Waals surface area contributed by atoms with Crippen LogP contribution in [-0.2, 0) is 0 Å². The van der Waals surface area contributed by atoms with E-state index in [4.69, 9.17) is 11.6 Å². The molecule has 0 saturated carbocycles. The van der Waals surface area contributed by atoms with Crippen LogP contribution in [0.3, 0.4) is 0 Å². The Morgan fingerprint density at radius 1 is 1.77 bits per heavy atom. The van der Waals surface area contributed by atoms with Gasteiger partial charge in [0, 0.05) is 17.0 Å². The number of hydrogen-bond donors (Lipinski definition) is 0. The summed E-state index contributed by atoms with van der Waals surface area (Å²) in [6.07, 6.45) is 0. The third kappa shape index (κ3) is 2.60. The highest BCUT2D eigenvalue weighted by Gasteiger charge is 2.11. The van der Waals surface area contributed by atoms with Crippen LogP contribution in [0.4, 0.5) is 5.69 Å². The molecule has 0 bridgehead atoms. The second-order valence-electron chi connectivity index (χ2n) is 2.22. The molecule has 1 radical (unpaired) electrons. The van der Waals surface area contributed by atoms with Crippen LogP contribution in [0.15, 0.2) is 17.0 Å². The van der Waals surface area contributed by atoms with E-state index in [0.717, 1.165) is 10.6 Å². The van der Waals surface area contributed by atoms with E-state index in [1.54, 1.807) is 17.8 Å². The summed E-state index contributed by atoms with van der Waals surface area (Å²) in [6.45, 7) is 1.99. The number of benzene rings is 1. The molecule has 1 rings (SSSR count). The SMILES string of the molecule is CCSc1[c]cc([N+](=O)[O-])c(Cl)c1. The fraction of sp³-hybridized carbons (Fsp3) is 0.250. The molecule has 0 atom stereocenters. The van der Waals surface area contributed by atoms with Crippen molar-refractivity contribution < 1.29 is 4.92 Å². The predicted octanol–water partition coefficient (Wildman–Crippen LogP) is 3.16. The van der Waals surface area contributed by atoms with E-state index in [-0.39, 0.29) is 10.7 Å². The van der Waals surface area contributed by atoms with Gasteiger partial charge in [0.15, 0.2) is 0 Å². The molecule has 0 aliphatic rings. The lowest BCUT2D eigenvalue weighted by Gasteiger charge is -1.98. The molecule has 0 N–H and O–H groups in total. The molecule has 0 spiro atoms. The fourth-order valence-electron chi connectivity index (χ4n) is 0.818. The van der Waals surface area contributed by atoms with Gasteiger partial charge in [0.05, 0.1) is 4.92 Å². The summed E-state index contributed by atoms with van der Waals surface area (Å²) < 4.78 is 0. The highest BCUT2D eigenvalue weighted by Crippen LogP contribution is 2.28. The fourth-order valence-corrected chi connectivity index (χ4v) is 1.77. The lowest BCUT2D eigenvalue weighted by atomic mass is 10.3. The highest BCUT2D eigenvalue weighted by molar-refractivity contribution is 7.99. The van der Waals surface area contributed by atoms with E-state index in [0.29, 0.717) is 0 Å². The lowest BCUT2D eigenvalue weighted by molar-refractivity contribution is -0.384. The summed E-state index contributed by atoms with van der Waals surface area (Å²) in [4.78, 5) is 10.7. The zero-order valence-electron chi connectivity index (χ0n) is 6.91. The lowest BCUT2D eigenvalue weighted by Crippen LogP contribution is -1.89. The minimum Gasteiger partial charge on any atom is -0.258 e. The van der Waals surface area contributed by atoms with Crippen molar-refractivity contribution in [3.05, 3.63) is 33.3 Å². The molecule has 0 unspecified atom stereocenters. The summed E-state index contributed by atoms with van der Waals surface area (Å²) in [7, 11) is 0. The Hall–Kier alpha value is -0.740. The van der Waals surface area contributed by atoms with Crippen LogP contribution in [0.25, 0.3) is 0 Å². The first kappa shape index (κ1) is 10.3. The van der Waals surface area contributed by atoms with Crippen molar-refractivity contribution in [3.63, 3.8) is 0 Å². The van der Waals surface area contributed by atoms with Crippen molar-refractivity contribution in [2.24, 2.45) is 0 Å². The van der Waals surface area contributed by atoms with Crippen LogP contribution in [0.5, 0.6) is 0 Å². The topological polar surface area (TPSA) is 43.1 Å². The van der Waals surface area contributed by atoms with Crippen molar-refractivity contribution in [2.45, 2.75) is 11.8 Å². The zero-order valence-corrected chi connectivity index (χ0v) is 8.48. The molecule has 0 fully saturated rings. The van der Waals surface area contributed by atoms with E-state index in [9.17, 15) is 10.1 Å². The molecule has 0 aliphatic carbocycles. The maximum absolute atomic E-state index is 10.4. The molecular weight excluding hydrogens is 210 g/mol. The summed E-state index contributed by atoms with van der Waals surface area (Å²) in [5, 5.41) is 10.6. The number of thioether (sulfide) groups is 1. The minimum absolute atomic E-state index is 0.0953. The molecule has 0 heterocycles. The van der Waals surface area contributed by atoms with Crippen LogP contribution in [0, 0.1) is 16.2 Å². The molecule has 0 aliphatic heterocycles. The van der Waals surface area contributed by atoms with E-state index in [1.807, 2.05) is 6.92 Å². The third-order valence-electron chi connectivity index (χ3n) is 1.35. The van der Waals surface area contributed by atoms with Crippen LogP contribution < -0.4 is 0 Å². The van der Waals surface area contributed by atoms with Gasteiger partial charge in [0.2, 0.25) is 0 Å². The van der Waals surface area contributed by atoms with E-state index in [1.165, 1.54) is 6.07 Å². The maximum atomic E-state index is 10.4. The van der Waals surface area contributed by atoms with Gasteiger partial charge < -0.3 is 0 Å². The number of hydrogen-bond acceptors (Lipinski definition) is 3. The molecule has 13 heavy (non-hydrogen) atoms. The summed E-state index contributed by atoms with van der Waals surface area (Å²) in [5.74, 6) is 0.893. The van der Waals surface area contributed by atoms with Gasteiger partial charge in [-0.2, -0.15) is 0 Å². The van der Waals surface area contributed by atoms with Crippen LogP contribution in [-0.4, -0.2) is 10.7 Å². The van der Waals surface area contributed by atoms with Gasteiger partial charge in [-0.1, -0.05) is 18.5 Å². The monoisotopic (exact) mass is 216 g/mol. The molecule has 1 aromatic carbocycles. The predicted molar refractivity (Wildman–Crippen MR) is 53.3 cm³/mol. The quantitative estimate of drug-likeness (QED) is 0.443. The Morgan fingerprint density at radius 3 is 2.92 bits per heavy atom. The molecule has 0 saturated heterocycles. The molecule has 5 heteroatoms. The second kappa shape index (κ2) is 4.48. The van der Waals surface area contributed by atoms with E-state index < -0.39 is 4.92 Å². The minimum atomic E-state index is -0.515. The largest absolute Gasteiger partial charge is 0.288 e. The Labute approximate surface area is 85.2 Å². The number of nitro groups is 1. The Kier molecular flexibility index (Phi) is 3.57. The summed E-state index contributed by atoms with van der Waals surface area (Å²) in [6, 6.07) is 5.67. The normalized spacial score (nSPS) is 10.0. The van der Waals surface area contributed by atoms with Crippen molar-refractivity contribution in [2.75, 3.05) is 5.75 Å². The van der Waals surface area contributed by atoms with Crippen molar-refractivity contribution >= 4 is 29.1 Å². The molecule has 0 aromatic heterocycles. The second-order valence-corrected chi connectivity index (χ2v) is 3.93. The Balaban J connectivity index is 2.98. The first-order valence-electron chi connectivity index (χ1n) is 3.63. The van der Waals surface area contributed by atoms with Crippen LogP contribution >= 0.6 is 23.4 Å². The van der Waals surface area contributed by atoms with Gasteiger partial charge in [-0.05, 0) is 11.8 Å². The van der Waals surface area contributed by atoms with Crippen LogP contribution in [0.1, 0.15) is 6.92 Å². The Bertz CT molecular complexity index is 330. The third-order valence-corrected chi connectivity index (χ3v) is 2.49. The van der Waals surface area contributed by atoms with Gasteiger partial charge >= 0.3 is 0 Å². The van der Waals surface area contributed by atoms with E-state index in [2.05, 4.69) is 6.07 Å². The van der Waals surface area contributed by atoms with Gasteiger partial charge in [0.25, 0.3) is 5.69 Å². The molecule has 69 valence electrons. The maximum Gasteiger partial charge on any atom is 0.288 e. The number of rotatable bonds is 3. The van der Waals surface area contributed by atoms with Gasteiger partial charge in [-0.3, -0.25) is 10.1 Å². The zero-order chi connectivity index (χ0) is 9.84. The number of halogens is 1. The standard InChI is InChI=1S/C8H7ClNO2S/c1-2-13-6-3-4-8(10(11)12)7(9)5-6/h4-5H,2H2,1H3. The van der Waals surface area contributed by atoms with Crippen molar-refractivity contribution in [1.29, 1.82) is 0 Å². The summed E-state index contributed by atoms with van der Waals surface area (Å²) in [5.41, 5.74) is -0.0953. The van der Waals surface area contributed by atoms with Crippen LogP contribution in [0.2, 0.25) is 5.02 Å². The van der Waals surface area contributed by atoms with Gasteiger partial charge in [0.1, 0.15) is 5.02 Å². The molecule has 0 amide bonds. The molecular formula is C8H7ClNO2S. The first-order chi connectivity index (χ1) is 6.15. The van der Waals surface area contributed by atoms with Gasteiger partial charge in [-0.25, -0.2) is 0 Å². The van der Waals surface area contributed by atoms with Gasteiger partial charge in [-0.15, -0.1) is 11.8 Å². The average molecular weight is 217 g/mol. The molecule has 1 aromatic rings. The summed E-state index contributed by atoms with van der Waals surface area (Å²) >= 11 is 7.23. The van der Waals surface area contributed by atoms with E-state index >= 15 is 0 Å². The average Bonchev–Trinajstić information content (AvgIpc) is 2.04. The smallest absolute Gasteiger partial charge is 0.258 e. The number of nitro benzene ring substituents is 1. The van der Waals surface area contributed by atoms with Crippen molar-refractivity contribution in [3.8, 4) is 0 Å². The van der Waals surface area contributed by atoms with Crippen molar-refractivity contribution in [1.82, 2.24) is 0 Å². The Morgan fingerprint density at radius 2 is 2.46 bits per heavy atom.